The van der Waals surface area contributed by atoms with E-state index in [-0.39, 0.29) is 0 Å². The third-order valence-corrected chi connectivity index (χ3v) is 8.28. The molecule has 0 radical (unpaired) electrons. The van der Waals surface area contributed by atoms with E-state index in [9.17, 15) is 0 Å². The summed E-state index contributed by atoms with van der Waals surface area (Å²) in [5.41, 5.74) is 6.25. The Morgan fingerprint density at radius 3 is 1.97 bits per heavy atom. The molecule has 3 heteroatoms. The zero-order valence-corrected chi connectivity index (χ0v) is 20.6. The molecule has 0 amide bonds. The van der Waals surface area contributed by atoms with Gasteiger partial charge in [0.15, 0.2) is 0 Å². The summed E-state index contributed by atoms with van der Waals surface area (Å²) in [4.78, 5) is 0. The van der Waals surface area contributed by atoms with Crippen molar-refractivity contribution in [2.24, 2.45) is 0 Å². The van der Waals surface area contributed by atoms with Gasteiger partial charge in [0.05, 0.1) is 11.0 Å². The highest BCUT2D eigenvalue weighted by Gasteiger charge is 2.15. The molecule has 7 aromatic rings. The molecule has 0 fully saturated rings. The molecular formula is C30H18INS. The van der Waals surface area contributed by atoms with Gasteiger partial charge >= 0.3 is 0 Å². The Labute approximate surface area is 209 Å². The van der Waals surface area contributed by atoms with Crippen LogP contribution in [0.3, 0.4) is 0 Å². The second-order valence-electron chi connectivity index (χ2n) is 8.35. The van der Waals surface area contributed by atoms with Crippen LogP contribution in [0.2, 0.25) is 0 Å². The summed E-state index contributed by atoms with van der Waals surface area (Å²) in [5, 5.41) is 5.26. The van der Waals surface area contributed by atoms with Gasteiger partial charge in [-0.3, -0.25) is 0 Å². The minimum Gasteiger partial charge on any atom is -0.309 e. The van der Waals surface area contributed by atoms with Crippen molar-refractivity contribution < 1.29 is 0 Å². The number of hydrogen-bond donors (Lipinski definition) is 0. The molecule has 5 aromatic carbocycles. The lowest BCUT2D eigenvalue weighted by molar-refractivity contribution is 1.18. The summed E-state index contributed by atoms with van der Waals surface area (Å²) in [5.74, 6) is 0. The van der Waals surface area contributed by atoms with Gasteiger partial charge in [-0.15, -0.1) is 11.3 Å². The number of thiophene rings is 1. The molecule has 7 rings (SSSR count). The molecule has 0 spiro atoms. The lowest BCUT2D eigenvalue weighted by Crippen LogP contribution is -1.95. The summed E-state index contributed by atoms with van der Waals surface area (Å²) < 4.78 is 6.34. The van der Waals surface area contributed by atoms with Crippen molar-refractivity contribution in [1.29, 1.82) is 0 Å². The Kier molecular flexibility index (Phi) is 4.36. The fourth-order valence-corrected chi connectivity index (χ4v) is 6.93. The van der Waals surface area contributed by atoms with Crippen molar-refractivity contribution in [3.8, 4) is 16.8 Å². The summed E-state index contributed by atoms with van der Waals surface area (Å²) in [6, 6.07) is 39.8. The third-order valence-electron chi connectivity index (χ3n) is 6.44. The average Bonchev–Trinajstić information content (AvgIpc) is 3.39. The van der Waals surface area contributed by atoms with E-state index in [1.54, 1.807) is 0 Å². The van der Waals surface area contributed by atoms with Crippen LogP contribution in [0.1, 0.15) is 0 Å². The zero-order chi connectivity index (χ0) is 21.9. The lowest BCUT2D eigenvalue weighted by Gasteiger charge is -2.12. The number of nitrogens with zero attached hydrogens (tertiary/aromatic N) is 1. The predicted molar refractivity (Wildman–Crippen MR) is 152 cm³/mol. The number of halogens is 1. The Hall–Kier alpha value is -3.15. The van der Waals surface area contributed by atoms with E-state index < -0.39 is 0 Å². The second-order valence-corrected chi connectivity index (χ2v) is 10.6. The number of fused-ring (bicyclic) bond motifs is 6. The van der Waals surface area contributed by atoms with Crippen LogP contribution in [0, 0.1) is 3.57 Å². The number of para-hydroxylation sites is 2. The smallest absolute Gasteiger partial charge is 0.0541 e. The maximum absolute atomic E-state index is 2.46. The summed E-state index contributed by atoms with van der Waals surface area (Å²) in [7, 11) is 0. The Balaban J connectivity index is 1.53. The van der Waals surface area contributed by atoms with E-state index in [1.807, 2.05) is 11.3 Å². The Morgan fingerprint density at radius 1 is 0.576 bits per heavy atom. The maximum Gasteiger partial charge on any atom is 0.0541 e. The molecule has 2 heterocycles. The molecular weight excluding hydrogens is 533 g/mol. The predicted octanol–water partition coefficient (Wildman–Crippen LogP) is 9.42. The molecule has 0 atom stereocenters. The molecule has 2 aromatic heterocycles. The quantitative estimate of drug-likeness (QED) is 0.189. The van der Waals surface area contributed by atoms with Crippen LogP contribution in [0.25, 0.3) is 58.8 Å². The molecule has 0 aliphatic heterocycles. The fraction of sp³-hybridized carbons (Fsp3) is 0. The first-order valence-corrected chi connectivity index (χ1v) is 12.9. The second kappa shape index (κ2) is 7.44. The number of aromatic nitrogens is 1. The van der Waals surface area contributed by atoms with E-state index in [0.29, 0.717) is 0 Å². The van der Waals surface area contributed by atoms with E-state index in [4.69, 9.17) is 0 Å². The first kappa shape index (κ1) is 19.3. The van der Waals surface area contributed by atoms with E-state index in [0.717, 1.165) is 0 Å². The standard InChI is InChI=1S/C30H18INS/c31-20-16-19(22-11-7-12-26-25-10-3-6-15-29(25)33-30(22)26)17-21(18-20)32-27-13-4-1-8-23(27)24-9-2-5-14-28(24)32/h1-18H. The highest BCUT2D eigenvalue weighted by atomic mass is 127. The van der Waals surface area contributed by atoms with Gasteiger partial charge in [-0.1, -0.05) is 72.8 Å². The molecule has 0 unspecified atom stereocenters. The topological polar surface area (TPSA) is 4.93 Å². The van der Waals surface area contributed by atoms with E-state index in [1.165, 1.54) is 62.4 Å². The largest absolute Gasteiger partial charge is 0.309 e. The van der Waals surface area contributed by atoms with Gasteiger partial charge in [0, 0.05) is 40.2 Å². The number of hydrogen-bond acceptors (Lipinski definition) is 1. The van der Waals surface area contributed by atoms with Crippen LogP contribution in [-0.2, 0) is 0 Å². The molecule has 0 saturated carbocycles. The molecule has 0 saturated heterocycles. The van der Waals surface area contributed by atoms with Crippen LogP contribution in [0.5, 0.6) is 0 Å². The van der Waals surface area contributed by atoms with Crippen LogP contribution in [-0.4, -0.2) is 4.57 Å². The van der Waals surface area contributed by atoms with Crippen molar-refractivity contribution in [2.75, 3.05) is 0 Å². The van der Waals surface area contributed by atoms with Crippen LogP contribution >= 0.6 is 33.9 Å². The van der Waals surface area contributed by atoms with Crippen molar-refractivity contribution in [1.82, 2.24) is 4.57 Å². The molecule has 156 valence electrons. The highest BCUT2D eigenvalue weighted by Crippen LogP contribution is 2.41. The number of benzene rings is 5. The average molecular weight is 551 g/mol. The normalized spacial score (nSPS) is 11.8. The Bertz CT molecular complexity index is 1790. The summed E-state index contributed by atoms with van der Waals surface area (Å²) in [6.45, 7) is 0. The molecule has 1 nitrogen and oxygen atoms in total. The Morgan fingerprint density at radius 2 is 1.21 bits per heavy atom. The number of rotatable bonds is 2. The van der Waals surface area contributed by atoms with Crippen molar-refractivity contribution in [2.45, 2.75) is 0 Å². The molecule has 33 heavy (non-hydrogen) atoms. The summed E-state index contributed by atoms with van der Waals surface area (Å²) >= 11 is 4.35. The van der Waals surface area contributed by atoms with Gasteiger partial charge in [0.1, 0.15) is 0 Å². The van der Waals surface area contributed by atoms with Crippen molar-refractivity contribution >= 4 is 75.9 Å². The molecule has 0 aliphatic carbocycles. The van der Waals surface area contributed by atoms with E-state index >= 15 is 0 Å². The minimum absolute atomic E-state index is 1.20. The van der Waals surface area contributed by atoms with Crippen LogP contribution in [0.4, 0.5) is 0 Å². The van der Waals surface area contributed by atoms with Gasteiger partial charge in [-0.05, 0) is 70.1 Å². The highest BCUT2D eigenvalue weighted by molar-refractivity contribution is 14.1. The third kappa shape index (κ3) is 2.96. The van der Waals surface area contributed by atoms with Gasteiger partial charge in [0.2, 0.25) is 0 Å². The van der Waals surface area contributed by atoms with Gasteiger partial charge in [-0.2, -0.15) is 0 Å². The van der Waals surface area contributed by atoms with Gasteiger partial charge < -0.3 is 4.57 Å². The van der Waals surface area contributed by atoms with Crippen molar-refractivity contribution in [3.63, 3.8) is 0 Å². The van der Waals surface area contributed by atoms with Gasteiger partial charge in [0.25, 0.3) is 0 Å². The fourth-order valence-electron chi connectivity index (χ4n) is 5.03. The minimum atomic E-state index is 1.20. The van der Waals surface area contributed by atoms with E-state index in [2.05, 4.69) is 136 Å². The zero-order valence-electron chi connectivity index (χ0n) is 17.6. The van der Waals surface area contributed by atoms with Gasteiger partial charge in [-0.25, -0.2) is 0 Å². The SMILES string of the molecule is Ic1cc(-c2cccc3c2sc2ccccc23)cc(-n2c3ccccc3c3ccccc32)c1. The first-order valence-electron chi connectivity index (χ1n) is 11.0. The molecule has 0 N–H and O–H groups in total. The maximum atomic E-state index is 2.46. The van der Waals surface area contributed by atoms with Crippen LogP contribution < -0.4 is 0 Å². The monoisotopic (exact) mass is 551 g/mol. The lowest BCUT2D eigenvalue weighted by atomic mass is 10.0. The molecule has 0 bridgehead atoms. The molecule has 0 aliphatic rings. The summed E-state index contributed by atoms with van der Waals surface area (Å²) in [6.07, 6.45) is 0. The van der Waals surface area contributed by atoms with Crippen molar-refractivity contribution in [3.05, 3.63) is 113 Å². The first-order chi connectivity index (χ1) is 16.3. The van der Waals surface area contributed by atoms with Crippen LogP contribution in [0.15, 0.2) is 109 Å².